The maximum atomic E-state index is 11.1. The van der Waals surface area contributed by atoms with Crippen molar-refractivity contribution in [3.05, 3.63) is 12.2 Å². The van der Waals surface area contributed by atoms with E-state index < -0.39 is 0 Å². The van der Waals surface area contributed by atoms with E-state index in [4.69, 9.17) is 4.74 Å². The van der Waals surface area contributed by atoms with E-state index in [1.165, 1.54) is 17.1 Å². The maximum absolute atomic E-state index is 11.1. The first-order valence-electron chi connectivity index (χ1n) is 4.87. The van der Waals surface area contributed by atoms with E-state index in [2.05, 4.69) is 0 Å². The molecule has 4 nitrogen and oxygen atoms in total. The van der Waals surface area contributed by atoms with Crippen molar-refractivity contribution in [3.63, 3.8) is 0 Å². The number of carbonyl (C=O) groups is 2. The third kappa shape index (κ3) is 2.96. The molecule has 0 saturated carbocycles. The lowest BCUT2D eigenvalue weighted by atomic mass is 10.3. The van der Waals surface area contributed by atoms with E-state index >= 15 is 0 Å². The SMILES string of the molecule is CCOCCCCN1C(=O)C=CC1=O. The van der Waals surface area contributed by atoms with Gasteiger partial charge >= 0.3 is 0 Å². The minimum atomic E-state index is -0.202. The van der Waals surface area contributed by atoms with E-state index in [1.807, 2.05) is 6.92 Å². The van der Waals surface area contributed by atoms with Gasteiger partial charge in [0.1, 0.15) is 0 Å². The molecular weight excluding hydrogens is 182 g/mol. The summed E-state index contributed by atoms with van der Waals surface area (Å²) in [6, 6.07) is 0. The highest BCUT2D eigenvalue weighted by atomic mass is 16.5. The molecule has 0 fully saturated rings. The predicted octanol–water partition coefficient (Wildman–Crippen LogP) is 0.728. The average Bonchev–Trinajstić information content (AvgIpc) is 2.48. The molecule has 0 atom stereocenters. The third-order valence-corrected chi connectivity index (χ3v) is 2.03. The van der Waals surface area contributed by atoms with E-state index in [0.717, 1.165) is 12.8 Å². The Morgan fingerprint density at radius 2 is 1.86 bits per heavy atom. The minimum Gasteiger partial charge on any atom is -0.382 e. The average molecular weight is 197 g/mol. The molecule has 0 N–H and O–H groups in total. The Morgan fingerprint density at radius 3 is 2.43 bits per heavy atom. The number of rotatable bonds is 6. The molecule has 0 saturated heterocycles. The first-order chi connectivity index (χ1) is 6.75. The summed E-state index contributed by atoms with van der Waals surface area (Å²) in [4.78, 5) is 23.4. The predicted molar refractivity (Wildman–Crippen MR) is 51.6 cm³/mol. The summed E-state index contributed by atoms with van der Waals surface area (Å²) < 4.78 is 5.15. The molecule has 0 aliphatic carbocycles. The molecule has 4 heteroatoms. The molecule has 14 heavy (non-hydrogen) atoms. The topological polar surface area (TPSA) is 46.6 Å². The molecule has 0 radical (unpaired) electrons. The van der Waals surface area contributed by atoms with E-state index in [0.29, 0.717) is 19.8 Å². The van der Waals surface area contributed by atoms with Crippen LogP contribution in [0.15, 0.2) is 12.2 Å². The lowest BCUT2D eigenvalue weighted by Gasteiger charge is -2.12. The van der Waals surface area contributed by atoms with Gasteiger partial charge < -0.3 is 4.74 Å². The third-order valence-electron chi connectivity index (χ3n) is 2.03. The van der Waals surface area contributed by atoms with Crippen molar-refractivity contribution < 1.29 is 14.3 Å². The Labute approximate surface area is 83.5 Å². The number of hydrogen-bond donors (Lipinski definition) is 0. The van der Waals surface area contributed by atoms with Gasteiger partial charge in [-0.2, -0.15) is 0 Å². The summed E-state index contributed by atoms with van der Waals surface area (Å²) in [5, 5.41) is 0. The van der Waals surface area contributed by atoms with Crippen molar-refractivity contribution >= 4 is 11.8 Å². The summed E-state index contributed by atoms with van der Waals surface area (Å²) in [7, 11) is 0. The van der Waals surface area contributed by atoms with Gasteiger partial charge in [-0.05, 0) is 19.8 Å². The van der Waals surface area contributed by atoms with Gasteiger partial charge in [-0.3, -0.25) is 14.5 Å². The summed E-state index contributed by atoms with van der Waals surface area (Å²) >= 11 is 0. The molecule has 0 spiro atoms. The summed E-state index contributed by atoms with van der Waals surface area (Å²) in [6.45, 7) is 3.85. The Balaban J connectivity index is 2.13. The maximum Gasteiger partial charge on any atom is 0.253 e. The number of imide groups is 1. The molecule has 78 valence electrons. The van der Waals surface area contributed by atoms with Crippen molar-refractivity contribution in [2.75, 3.05) is 19.8 Å². The first kappa shape index (κ1) is 10.9. The zero-order valence-corrected chi connectivity index (χ0v) is 8.36. The molecule has 0 bridgehead atoms. The summed E-state index contributed by atoms with van der Waals surface area (Å²) in [5.74, 6) is -0.405. The van der Waals surface area contributed by atoms with Gasteiger partial charge in [-0.25, -0.2) is 0 Å². The molecule has 0 aromatic carbocycles. The molecular formula is C10H15NO3. The van der Waals surface area contributed by atoms with Crippen LogP contribution in [0.5, 0.6) is 0 Å². The van der Waals surface area contributed by atoms with Gasteiger partial charge in [0.2, 0.25) is 0 Å². The zero-order valence-electron chi connectivity index (χ0n) is 8.36. The van der Waals surface area contributed by atoms with Gasteiger partial charge in [-0.1, -0.05) is 0 Å². The number of ether oxygens (including phenoxy) is 1. The van der Waals surface area contributed by atoms with Crippen LogP contribution in [0.25, 0.3) is 0 Å². The van der Waals surface area contributed by atoms with Gasteiger partial charge in [0.25, 0.3) is 11.8 Å². The van der Waals surface area contributed by atoms with Crippen LogP contribution in [0.2, 0.25) is 0 Å². The van der Waals surface area contributed by atoms with Gasteiger partial charge in [0, 0.05) is 31.9 Å². The number of carbonyl (C=O) groups excluding carboxylic acids is 2. The van der Waals surface area contributed by atoms with Crippen LogP contribution in [-0.2, 0) is 14.3 Å². The van der Waals surface area contributed by atoms with Gasteiger partial charge in [-0.15, -0.1) is 0 Å². The summed E-state index contributed by atoms with van der Waals surface area (Å²) in [6.07, 6.45) is 4.31. The molecule has 0 aromatic heterocycles. The highest BCUT2D eigenvalue weighted by molar-refractivity contribution is 6.12. The number of hydrogen-bond acceptors (Lipinski definition) is 3. The zero-order chi connectivity index (χ0) is 10.4. The van der Waals surface area contributed by atoms with E-state index in [-0.39, 0.29) is 11.8 Å². The molecule has 1 rings (SSSR count). The molecule has 1 heterocycles. The van der Waals surface area contributed by atoms with Crippen molar-refractivity contribution in [2.24, 2.45) is 0 Å². The quantitative estimate of drug-likeness (QED) is 0.466. The Morgan fingerprint density at radius 1 is 1.21 bits per heavy atom. The fourth-order valence-electron chi connectivity index (χ4n) is 1.27. The molecule has 2 amide bonds. The Kier molecular flexibility index (Phi) is 4.32. The van der Waals surface area contributed by atoms with Crippen LogP contribution in [0.3, 0.4) is 0 Å². The molecule has 1 aliphatic heterocycles. The van der Waals surface area contributed by atoms with Gasteiger partial charge in [0.15, 0.2) is 0 Å². The Bertz CT molecular complexity index is 230. The molecule has 1 aliphatic rings. The Hall–Kier alpha value is -1.16. The van der Waals surface area contributed by atoms with Crippen molar-refractivity contribution in [3.8, 4) is 0 Å². The first-order valence-corrected chi connectivity index (χ1v) is 4.87. The van der Waals surface area contributed by atoms with Crippen LogP contribution < -0.4 is 0 Å². The number of amides is 2. The molecule has 0 aromatic rings. The minimum absolute atomic E-state index is 0.202. The summed E-state index contributed by atoms with van der Waals surface area (Å²) in [5.41, 5.74) is 0. The van der Waals surface area contributed by atoms with Crippen LogP contribution in [0.1, 0.15) is 19.8 Å². The van der Waals surface area contributed by atoms with Crippen LogP contribution in [-0.4, -0.2) is 36.5 Å². The number of unbranched alkanes of at least 4 members (excludes halogenated alkanes) is 1. The fraction of sp³-hybridized carbons (Fsp3) is 0.600. The lowest BCUT2D eigenvalue weighted by molar-refractivity contribution is -0.136. The number of nitrogens with zero attached hydrogens (tertiary/aromatic N) is 1. The normalized spacial score (nSPS) is 15.6. The van der Waals surface area contributed by atoms with Crippen molar-refractivity contribution in [1.82, 2.24) is 4.90 Å². The van der Waals surface area contributed by atoms with Crippen molar-refractivity contribution in [2.45, 2.75) is 19.8 Å². The van der Waals surface area contributed by atoms with Crippen LogP contribution >= 0.6 is 0 Å². The standard InChI is InChI=1S/C10H15NO3/c1-2-14-8-4-3-7-11-9(12)5-6-10(11)13/h5-6H,2-4,7-8H2,1H3. The highest BCUT2D eigenvalue weighted by Gasteiger charge is 2.21. The van der Waals surface area contributed by atoms with Gasteiger partial charge in [0.05, 0.1) is 0 Å². The second-order valence-electron chi connectivity index (χ2n) is 3.07. The fourth-order valence-corrected chi connectivity index (χ4v) is 1.27. The second kappa shape index (κ2) is 5.54. The smallest absolute Gasteiger partial charge is 0.253 e. The second-order valence-corrected chi connectivity index (χ2v) is 3.07. The largest absolute Gasteiger partial charge is 0.382 e. The lowest BCUT2D eigenvalue weighted by Crippen LogP contribution is -2.30. The van der Waals surface area contributed by atoms with Crippen LogP contribution in [0.4, 0.5) is 0 Å². The van der Waals surface area contributed by atoms with Crippen LogP contribution in [0, 0.1) is 0 Å². The molecule has 0 unspecified atom stereocenters. The highest BCUT2D eigenvalue weighted by Crippen LogP contribution is 2.05. The van der Waals surface area contributed by atoms with Crippen molar-refractivity contribution in [1.29, 1.82) is 0 Å². The van der Waals surface area contributed by atoms with E-state index in [1.54, 1.807) is 0 Å². The van der Waals surface area contributed by atoms with E-state index in [9.17, 15) is 9.59 Å². The monoisotopic (exact) mass is 197 g/mol.